The Morgan fingerprint density at radius 3 is 2.83 bits per heavy atom. The lowest BCUT2D eigenvalue weighted by Gasteiger charge is -2.09. The first-order valence-electron chi connectivity index (χ1n) is 9.61. The van der Waals surface area contributed by atoms with Gasteiger partial charge in [0.2, 0.25) is 6.79 Å². The van der Waals surface area contributed by atoms with E-state index in [1.807, 2.05) is 44.2 Å². The molecular formula is C22H22ClN3O4. The Hall–Kier alpha value is -3.19. The molecule has 1 amide bonds. The molecule has 1 aromatic heterocycles. The molecule has 30 heavy (non-hydrogen) atoms. The zero-order valence-electron chi connectivity index (χ0n) is 16.8. The summed E-state index contributed by atoms with van der Waals surface area (Å²) in [6.07, 6.45) is 0. The number of carbonyl (C=O) groups is 1. The number of fused-ring (bicyclic) bond motifs is 1. The van der Waals surface area contributed by atoms with Crippen molar-refractivity contribution in [2.24, 2.45) is 0 Å². The summed E-state index contributed by atoms with van der Waals surface area (Å²) in [7, 11) is 0. The largest absolute Gasteiger partial charge is 0.492 e. The van der Waals surface area contributed by atoms with Gasteiger partial charge in [0, 0.05) is 16.8 Å². The summed E-state index contributed by atoms with van der Waals surface area (Å²) in [4.78, 5) is 12.7. The number of nitrogens with one attached hydrogen (secondary N) is 1. The summed E-state index contributed by atoms with van der Waals surface area (Å²) >= 11 is 6.25. The van der Waals surface area contributed by atoms with E-state index < -0.39 is 0 Å². The van der Waals surface area contributed by atoms with Gasteiger partial charge in [0.05, 0.1) is 24.3 Å². The first kappa shape index (κ1) is 20.1. The lowest BCUT2D eigenvalue weighted by molar-refractivity contribution is 0.0945. The molecule has 3 aromatic rings. The van der Waals surface area contributed by atoms with Crippen molar-refractivity contribution in [1.29, 1.82) is 0 Å². The Bertz CT molecular complexity index is 1080. The van der Waals surface area contributed by atoms with Crippen molar-refractivity contribution in [2.45, 2.75) is 20.4 Å². The molecule has 0 atom stereocenters. The van der Waals surface area contributed by atoms with Crippen LogP contribution in [0.25, 0.3) is 0 Å². The Labute approximate surface area is 179 Å². The third kappa shape index (κ3) is 4.21. The molecule has 2 aromatic carbocycles. The molecule has 0 unspecified atom stereocenters. The van der Waals surface area contributed by atoms with Crippen LogP contribution in [0, 0.1) is 13.8 Å². The molecule has 1 aliphatic rings. The average molecular weight is 428 g/mol. The lowest BCUT2D eigenvalue weighted by Crippen LogP contribution is -2.29. The summed E-state index contributed by atoms with van der Waals surface area (Å²) in [5, 5.41) is 8.09. The maximum Gasteiger partial charge on any atom is 0.255 e. The van der Waals surface area contributed by atoms with Crippen molar-refractivity contribution in [3.05, 3.63) is 70.0 Å². The molecule has 156 valence electrons. The number of halogens is 1. The molecule has 0 saturated carbocycles. The Morgan fingerprint density at radius 1 is 1.20 bits per heavy atom. The molecule has 7 nitrogen and oxygen atoms in total. The van der Waals surface area contributed by atoms with Crippen LogP contribution >= 0.6 is 11.6 Å². The number of nitrogens with zero attached hydrogens (tertiary/aromatic N) is 2. The van der Waals surface area contributed by atoms with Gasteiger partial charge < -0.3 is 19.5 Å². The predicted octanol–water partition coefficient (Wildman–Crippen LogP) is 3.74. The monoisotopic (exact) mass is 427 g/mol. The van der Waals surface area contributed by atoms with E-state index in [4.69, 9.17) is 25.8 Å². The molecule has 1 aliphatic heterocycles. The second-order valence-electron chi connectivity index (χ2n) is 6.91. The van der Waals surface area contributed by atoms with Crippen molar-refractivity contribution in [2.75, 3.05) is 19.9 Å². The minimum atomic E-state index is -0.176. The predicted molar refractivity (Wildman–Crippen MR) is 113 cm³/mol. The number of aryl methyl sites for hydroxylation is 1. The molecule has 4 rings (SSSR count). The zero-order valence-corrected chi connectivity index (χ0v) is 17.5. The molecule has 0 saturated heterocycles. The smallest absolute Gasteiger partial charge is 0.255 e. The molecule has 8 heteroatoms. The molecule has 0 radical (unpaired) electrons. The van der Waals surface area contributed by atoms with Gasteiger partial charge in [-0.3, -0.25) is 9.48 Å². The first-order valence-corrected chi connectivity index (χ1v) is 9.99. The highest BCUT2D eigenvalue weighted by Gasteiger charge is 2.19. The maximum absolute atomic E-state index is 12.7. The van der Waals surface area contributed by atoms with Gasteiger partial charge in [-0.05, 0) is 37.6 Å². The van der Waals surface area contributed by atoms with Gasteiger partial charge in [0.25, 0.3) is 5.91 Å². The summed E-state index contributed by atoms with van der Waals surface area (Å²) in [6.45, 7) is 5.13. The number of ether oxygens (including phenoxy) is 3. The number of rotatable bonds is 7. The van der Waals surface area contributed by atoms with Gasteiger partial charge in [-0.2, -0.15) is 5.10 Å². The minimum absolute atomic E-state index is 0.176. The second kappa shape index (κ2) is 8.67. The van der Waals surface area contributed by atoms with Gasteiger partial charge in [0.1, 0.15) is 12.4 Å². The van der Waals surface area contributed by atoms with E-state index in [2.05, 4.69) is 10.4 Å². The van der Waals surface area contributed by atoms with Crippen molar-refractivity contribution in [1.82, 2.24) is 15.1 Å². The molecular weight excluding hydrogens is 406 g/mol. The van der Waals surface area contributed by atoms with E-state index in [0.29, 0.717) is 53.2 Å². The van der Waals surface area contributed by atoms with Crippen LogP contribution in [0.4, 0.5) is 0 Å². The fraction of sp³-hybridized carbons (Fsp3) is 0.273. The molecule has 0 spiro atoms. The number of amides is 1. The fourth-order valence-corrected chi connectivity index (χ4v) is 3.55. The normalized spacial score (nSPS) is 12.1. The fourth-order valence-electron chi connectivity index (χ4n) is 3.36. The van der Waals surface area contributed by atoms with Gasteiger partial charge in [-0.25, -0.2) is 0 Å². The number of carbonyl (C=O) groups excluding carboxylic acids is 1. The van der Waals surface area contributed by atoms with Gasteiger partial charge >= 0.3 is 0 Å². The van der Waals surface area contributed by atoms with E-state index >= 15 is 0 Å². The van der Waals surface area contributed by atoms with E-state index in [1.165, 1.54) is 0 Å². The highest BCUT2D eigenvalue weighted by molar-refractivity contribution is 6.31. The second-order valence-corrected chi connectivity index (χ2v) is 7.32. The minimum Gasteiger partial charge on any atom is -0.492 e. The van der Waals surface area contributed by atoms with Crippen molar-refractivity contribution in [3.8, 4) is 17.2 Å². The lowest BCUT2D eigenvalue weighted by atomic mass is 10.1. The standard InChI is InChI=1S/C22H22ClN3O4/c1-14-21(15(2)26(25-14)12-16-5-3-4-6-18(16)23)22(27)24-9-10-28-17-7-8-19-20(11-17)30-13-29-19/h3-8,11H,9-10,12-13H2,1-2H3,(H,24,27). The van der Waals surface area contributed by atoms with Gasteiger partial charge in [-0.1, -0.05) is 29.8 Å². The van der Waals surface area contributed by atoms with E-state index in [0.717, 1.165) is 11.3 Å². The molecule has 0 aliphatic carbocycles. The summed E-state index contributed by atoms with van der Waals surface area (Å²) < 4.78 is 18.1. The van der Waals surface area contributed by atoms with Crippen LogP contribution in [0.15, 0.2) is 42.5 Å². The Balaban J connectivity index is 1.34. The topological polar surface area (TPSA) is 74.6 Å². The van der Waals surface area contributed by atoms with Crippen LogP contribution in [-0.4, -0.2) is 35.6 Å². The first-order chi connectivity index (χ1) is 14.5. The highest BCUT2D eigenvalue weighted by atomic mass is 35.5. The van der Waals surface area contributed by atoms with Crippen molar-refractivity contribution >= 4 is 17.5 Å². The van der Waals surface area contributed by atoms with E-state index in [1.54, 1.807) is 16.8 Å². The molecule has 1 N–H and O–H groups in total. The van der Waals surface area contributed by atoms with E-state index in [9.17, 15) is 4.79 Å². The van der Waals surface area contributed by atoms with Crippen LogP contribution in [0.1, 0.15) is 27.3 Å². The summed E-state index contributed by atoms with van der Waals surface area (Å²) in [6, 6.07) is 13.0. The third-order valence-electron chi connectivity index (χ3n) is 4.89. The van der Waals surface area contributed by atoms with Gasteiger partial charge in [-0.15, -0.1) is 0 Å². The summed E-state index contributed by atoms with van der Waals surface area (Å²) in [5.41, 5.74) is 2.99. The third-order valence-corrected chi connectivity index (χ3v) is 5.26. The number of hydrogen-bond acceptors (Lipinski definition) is 5. The zero-order chi connectivity index (χ0) is 21.1. The number of benzene rings is 2. The SMILES string of the molecule is Cc1nn(Cc2ccccc2Cl)c(C)c1C(=O)NCCOc1ccc2c(c1)OCO2. The van der Waals surface area contributed by atoms with Crippen LogP contribution in [0.5, 0.6) is 17.2 Å². The molecule has 2 heterocycles. The Morgan fingerprint density at radius 2 is 2.00 bits per heavy atom. The molecule has 0 fully saturated rings. The van der Waals surface area contributed by atoms with Crippen molar-refractivity contribution < 1.29 is 19.0 Å². The van der Waals surface area contributed by atoms with E-state index in [-0.39, 0.29) is 12.7 Å². The van der Waals surface area contributed by atoms with Crippen LogP contribution in [0.2, 0.25) is 5.02 Å². The average Bonchev–Trinajstić information content (AvgIpc) is 3.30. The maximum atomic E-state index is 12.7. The van der Waals surface area contributed by atoms with Crippen LogP contribution in [0.3, 0.4) is 0 Å². The van der Waals surface area contributed by atoms with Crippen LogP contribution in [-0.2, 0) is 6.54 Å². The van der Waals surface area contributed by atoms with Gasteiger partial charge in [0.15, 0.2) is 11.5 Å². The molecule has 0 bridgehead atoms. The van der Waals surface area contributed by atoms with Crippen LogP contribution < -0.4 is 19.5 Å². The number of aromatic nitrogens is 2. The highest BCUT2D eigenvalue weighted by Crippen LogP contribution is 2.35. The van der Waals surface area contributed by atoms with Crippen molar-refractivity contribution in [3.63, 3.8) is 0 Å². The Kier molecular flexibility index (Phi) is 5.81. The summed E-state index contributed by atoms with van der Waals surface area (Å²) in [5.74, 6) is 1.85. The number of hydrogen-bond donors (Lipinski definition) is 1. The quantitative estimate of drug-likeness (QED) is 0.581.